The first-order chi connectivity index (χ1) is 9.39. The minimum atomic E-state index is -1.01. The quantitative estimate of drug-likeness (QED) is 0.878. The number of carbonyl (C=O) groups is 2. The van der Waals surface area contributed by atoms with Crippen molar-refractivity contribution in [2.24, 2.45) is 0 Å². The number of para-hydroxylation sites is 1. The van der Waals surface area contributed by atoms with Crippen molar-refractivity contribution in [3.05, 3.63) is 29.8 Å². The molecule has 0 aromatic heterocycles. The van der Waals surface area contributed by atoms with E-state index >= 15 is 0 Å². The lowest BCUT2D eigenvalue weighted by Gasteiger charge is -2.46. The Kier molecular flexibility index (Phi) is 3.94. The lowest BCUT2D eigenvalue weighted by molar-refractivity contribution is -0.159. The van der Waals surface area contributed by atoms with Crippen molar-refractivity contribution in [3.8, 4) is 0 Å². The van der Waals surface area contributed by atoms with Gasteiger partial charge in [-0.3, -0.25) is 0 Å². The minimum absolute atomic E-state index is 0.198. The van der Waals surface area contributed by atoms with Crippen molar-refractivity contribution < 1.29 is 19.4 Å². The fraction of sp³-hybridized carbons (Fsp3) is 0.429. The van der Waals surface area contributed by atoms with E-state index in [2.05, 4.69) is 5.32 Å². The zero-order valence-corrected chi connectivity index (χ0v) is 11.5. The van der Waals surface area contributed by atoms with Crippen LogP contribution in [0.2, 0.25) is 0 Å². The number of aryl methyl sites for hydroxylation is 1. The second-order valence-corrected chi connectivity index (χ2v) is 5.23. The summed E-state index contributed by atoms with van der Waals surface area (Å²) in [5.74, 6) is -1.01. The summed E-state index contributed by atoms with van der Waals surface area (Å²) in [4.78, 5) is 24.1. The molecule has 0 spiro atoms. The van der Waals surface area contributed by atoms with Gasteiger partial charge in [-0.05, 0) is 25.5 Å². The molecule has 20 heavy (non-hydrogen) atoms. The number of aliphatic carboxylic acids is 1. The molecule has 0 radical (unpaired) electrons. The third-order valence-corrected chi connectivity index (χ3v) is 3.27. The summed E-state index contributed by atoms with van der Waals surface area (Å²) in [5.41, 5.74) is 1.20. The third kappa shape index (κ3) is 3.27. The number of rotatable bonds is 4. The maximum absolute atomic E-state index is 12.0. The molecule has 2 N–H and O–H groups in total. The first-order valence-electron chi connectivity index (χ1n) is 6.37. The number of amides is 2. The first kappa shape index (κ1) is 14.3. The number of urea groups is 1. The molecular weight excluding hydrogens is 260 g/mol. The SMILES string of the molecule is Cc1ccccc1NC(=O)N1CC(C)(OCC(=O)O)C1. The Bertz CT molecular complexity index is 524. The number of carboxylic acid groups (broad SMARTS) is 1. The number of hydrogen-bond acceptors (Lipinski definition) is 3. The third-order valence-electron chi connectivity index (χ3n) is 3.27. The molecule has 1 aromatic rings. The standard InChI is InChI=1S/C14H18N2O4/c1-10-5-3-4-6-11(10)15-13(19)16-8-14(2,9-16)20-7-12(17)18/h3-6H,7-9H2,1-2H3,(H,15,19)(H,17,18). The Morgan fingerprint density at radius 1 is 1.40 bits per heavy atom. The highest BCUT2D eigenvalue weighted by atomic mass is 16.5. The maximum Gasteiger partial charge on any atom is 0.329 e. The van der Waals surface area contributed by atoms with Gasteiger partial charge in [-0.25, -0.2) is 9.59 Å². The van der Waals surface area contributed by atoms with Crippen LogP contribution in [0.5, 0.6) is 0 Å². The monoisotopic (exact) mass is 278 g/mol. The van der Waals surface area contributed by atoms with E-state index in [1.54, 1.807) is 11.8 Å². The second-order valence-electron chi connectivity index (χ2n) is 5.23. The van der Waals surface area contributed by atoms with Gasteiger partial charge < -0.3 is 20.1 Å². The van der Waals surface area contributed by atoms with Gasteiger partial charge in [0.15, 0.2) is 0 Å². The van der Waals surface area contributed by atoms with Crippen LogP contribution in [0.15, 0.2) is 24.3 Å². The van der Waals surface area contributed by atoms with Crippen LogP contribution >= 0.6 is 0 Å². The topological polar surface area (TPSA) is 78.9 Å². The van der Waals surface area contributed by atoms with Gasteiger partial charge in [0.05, 0.1) is 13.1 Å². The number of likely N-dealkylation sites (tertiary alicyclic amines) is 1. The van der Waals surface area contributed by atoms with Crippen LogP contribution in [-0.2, 0) is 9.53 Å². The second kappa shape index (κ2) is 5.50. The largest absolute Gasteiger partial charge is 0.480 e. The molecule has 0 bridgehead atoms. The molecule has 2 rings (SSSR count). The molecule has 1 aromatic carbocycles. The summed E-state index contributed by atoms with van der Waals surface area (Å²) in [6.45, 7) is 4.15. The molecule has 6 heteroatoms. The summed E-state index contributed by atoms with van der Waals surface area (Å²) in [6, 6.07) is 7.33. The first-order valence-corrected chi connectivity index (χ1v) is 6.37. The molecule has 1 heterocycles. The average Bonchev–Trinajstić information content (AvgIpc) is 2.35. The van der Waals surface area contributed by atoms with Gasteiger partial charge in [-0.2, -0.15) is 0 Å². The predicted molar refractivity (Wildman–Crippen MR) is 73.8 cm³/mol. The van der Waals surface area contributed by atoms with Crippen LogP contribution in [0.4, 0.5) is 10.5 Å². The molecule has 0 saturated carbocycles. The van der Waals surface area contributed by atoms with Gasteiger partial charge in [0.25, 0.3) is 0 Å². The zero-order chi connectivity index (χ0) is 14.8. The lowest BCUT2D eigenvalue weighted by atomic mass is 9.97. The van der Waals surface area contributed by atoms with Gasteiger partial charge in [-0.1, -0.05) is 18.2 Å². The molecule has 1 fully saturated rings. The van der Waals surface area contributed by atoms with Crippen LogP contribution in [0.3, 0.4) is 0 Å². The molecule has 1 aliphatic rings. The van der Waals surface area contributed by atoms with Gasteiger partial charge in [-0.15, -0.1) is 0 Å². The molecule has 1 aliphatic heterocycles. The Morgan fingerprint density at radius 2 is 2.05 bits per heavy atom. The van der Waals surface area contributed by atoms with Crippen molar-refractivity contribution in [1.82, 2.24) is 4.90 Å². The molecule has 0 atom stereocenters. The summed E-state index contributed by atoms with van der Waals surface area (Å²) in [7, 11) is 0. The highest BCUT2D eigenvalue weighted by Crippen LogP contribution is 2.25. The lowest BCUT2D eigenvalue weighted by Crippen LogP contribution is -2.64. The summed E-state index contributed by atoms with van der Waals surface area (Å²) in [5, 5.41) is 11.4. The number of anilines is 1. The Balaban J connectivity index is 1.85. The Hall–Kier alpha value is -2.08. The highest BCUT2D eigenvalue weighted by Gasteiger charge is 2.42. The highest BCUT2D eigenvalue weighted by molar-refractivity contribution is 5.90. The van der Waals surface area contributed by atoms with E-state index in [-0.39, 0.29) is 12.6 Å². The molecule has 2 amide bonds. The van der Waals surface area contributed by atoms with Crippen LogP contribution in [0.1, 0.15) is 12.5 Å². The van der Waals surface area contributed by atoms with E-state index in [0.717, 1.165) is 11.3 Å². The number of carboxylic acids is 1. The van der Waals surface area contributed by atoms with Crippen molar-refractivity contribution in [2.45, 2.75) is 19.4 Å². The van der Waals surface area contributed by atoms with Crippen molar-refractivity contribution in [3.63, 3.8) is 0 Å². The van der Waals surface area contributed by atoms with Crippen LogP contribution in [-0.4, -0.2) is 47.3 Å². The maximum atomic E-state index is 12.0. The van der Waals surface area contributed by atoms with E-state index in [1.165, 1.54) is 0 Å². The number of ether oxygens (including phenoxy) is 1. The molecule has 0 aliphatic carbocycles. The Labute approximate surface area is 117 Å². The molecule has 1 saturated heterocycles. The van der Waals surface area contributed by atoms with E-state index in [9.17, 15) is 9.59 Å². The van der Waals surface area contributed by atoms with Gasteiger partial charge in [0.1, 0.15) is 12.2 Å². The van der Waals surface area contributed by atoms with E-state index in [0.29, 0.717) is 13.1 Å². The van der Waals surface area contributed by atoms with Gasteiger partial charge >= 0.3 is 12.0 Å². The van der Waals surface area contributed by atoms with Crippen molar-refractivity contribution in [1.29, 1.82) is 0 Å². The number of nitrogens with zero attached hydrogens (tertiary/aromatic N) is 1. The Morgan fingerprint density at radius 3 is 2.65 bits per heavy atom. The molecule has 6 nitrogen and oxygen atoms in total. The summed E-state index contributed by atoms with van der Waals surface area (Å²) in [6.07, 6.45) is 0. The number of benzene rings is 1. The summed E-state index contributed by atoms with van der Waals surface area (Å²) >= 11 is 0. The smallest absolute Gasteiger partial charge is 0.329 e. The van der Waals surface area contributed by atoms with Crippen LogP contribution < -0.4 is 5.32 Å². The van der Waals surface area contributed by atoms with E-state index in [4.69, 9.17) is 9.84 Å². The fourth-order valence-corrected chi connectivity index (χ4v) is 2.14. The van der Waals surface area contributed by atoms with E-state index < -0.39 is 11.6 Å². The molecule has 108 valence electrons. The minimum Gasteiger partial charge on any atom is -0.480 e. The molecule has 0 unspecified atom stereocenters. The fourth-order valence-electron chi connectivity index (χ4n) is 2.14. The van der Waals surface area contributed by atoms with Gasteiger partial charge in [0.2, 0.25) is 0 Å². The van der Waals surface area contributed by atoms with Crippen LogP contribution in [0.25, 0.3) is 0 Å². The number of carbonyl (C=O) groups excluding carboxylic acids is 1. The number of nitrogens with one attached hydrogen (secondary N) is 1. The predicted octanol–water partition coefficient (Wildman–Crippen LogP) is 1.70. The normalized spacial score (nSPS) is 16.4. The zero-order valence-electron chi connectivity index (χ0n) is 11.5. The van der Waals surface area contributed by atoms with Crippen molar-refractivity contribution >= 4 is 17.7 Å². The van der Waals surface area contributed by atoms with Crippen LogP contribution in [0, 0.1) is 6.92 Å². The van der Waals surface area contributed by atoms with E-state index in [1.807, 2.05) is 31.2 Å². The average molecular weight is 278 g/mol. The van der Waals surface area contributed by atoms with Crippen molar-refractivity contribution in [2.75, 3.05) is 25.0 Å². The summed E-state index contributed by atoms with van der Waals surface area (Å²) < 4.78 is 5.26. The molecular formula is C14H18N2O4. The number of hydrogen-bond donors (Lipinski definition) is 2. The van der Waals surface area contributed by atoms with Gasteiger partial charge in [0, 0.05) is 5.69 Å².